The van der Waals surface area contributed by atoms with E-state index in [1.807, 2.05) is 0 Å². The molecule has 2 heterocycles. The number of methoxy groups -OCH3 is 1. The summed E-state index contributed by atoms with van der Waals surface area (Å²) in [7, 11) is 1.46. The molecule has 3 aromatic rings. The van der Waals surface area contributed by atoms with Gasteiger partial charge in [-0.25, -0.2) is 4.79 Å². The summed E-state index contributed by atoms with van der Waals surface area (Å²) in [6.07, 6.45) is 2.59. The maximum absolute atomic E-state index is 14.2. The molecular weight excluding hydrogens is 568 g/mol. The molecule has 0 saturated heterocycles. The summed E-state index contributed by atoms with van der Waals surface area (Å²) in [5.74, 6) is -1.22. The first-order chi connectivity index (χ1) is 21.3. The van der Waals surface area contributed by atoms with Gasteiger partial charge < -0.3 is 39.4 Å². The molecule has 2 amide bonds. The van der Waals surface area contributed by atoms with Crippen LogP contribution < -0.4 is 20.4 Å². The van der Waals surface area contributed by atoms with E-state index in [-0.39, 0.29) is 37.4 Å². The molecule has 234 valence electrons. The fraction of sp³-hybridized carbons (Fsp3) is 0.424. The lowest BCUT2D eigenvalue weighted by Crippen LogP contribution is -2.56. The number of hydrogen-bond donors (Lipinski definition) is 4. The first-order valence-electron chi connectivity index (χ1n) is 14.9. The van der Waals surface area contributed by atoms with Crippen LogP contribution in [0.2, 0.25) is 0 Å². The number of unbranched alkanes of at least 4 members (excludes halogenated alkanes) is 3. The molecule has 2 aliphatic rings. The number of aliphatic hydroxyl groups excluding tert-OH is 3. The van der Waals surface area contributed by atoms with Gasteiger partial charge in [-0.05, 0) is 42.3 Å². The SMILES string of the molecule is CCCCCCN(C(=O)c1cc2ccccc2oc1=O)C1C=C(C(=O)NCCO)C2c3cc(CO)cc(OC)c3OC2C1O. The van der Waals surface area contributed by atoms with Crippen molar-refractivity contribution >= 4 is 22.8 Å². The maximum atomic E-state index is 14.2. The van der Waals surface area contributed by atoms with Gasteiger partial charge >= 0.3 is 5.63 Å². The third-order valence-electron chi connectivity index (χ3n) is 8.24. The Bertz CT molecular complexity index is 1610. The molecule has 2 aromatic carbocycles. The molecule has 4 N–H and O–H groups in total. The van der Waals surface area contributed by atoms with Gasteiger partial charge in [0.05, 0.1) is 32.3 Å². The number of carbonyl (C=O) groups is 2. The van der Waals surface area contributed by atoms with Gasteiger partial charge in [-0.3, -0.25) is 9.59 Å². The van der Waals surface area contributed by atoms with Gasteiger partial charge in [0.1, 0.15) is 23.4 Å². The summed E-state index contributed by atoms with van der Waals surface area (Å²) in [5.41, 5.74) is 0.681. The van der Waals surface area contributed by atoms with Crippen LogP contribution in [0.3, 0.4) is 0 Å². The molecule has 11 heteroatoms. The smallest absolute Gasteiger partial charge is 0.349 e. The lowest BCUT2D eigenvalue weighted by Gasteiger charge is -2.40. The van der Waals surface area contributed by atoms with E-state index >= 15 is 0 Å². The van der Waals surface area contributed by atoms with Gasteiger partial charge in [-0.2, -0.15) is 0 Å². The Hall–Kier alpha value is -4.19. The van der Waals surface area contributed by atoms with Crippen molar-refractivity contribution in [1.29, 1.82) is 0 Å². The van der Waals surface area contributed by atoms with Crippen molar-refractivity contribution in [3.05, 3.63) is 81.2 Å². The first-order valence-corrected chi connectivity index (χ1v) is 14.9. The summed E-state index contributed by atoms with van der Waals surface area (Å²) in [5, 5.41) is 34.4. The zero-order valence-electron chi connectivity index (χ0n) is 24.8. The number of amides is 2. The minimum Gasteiger partial charge on any atom is -0.493 e. The van der Waals surface area contributed by atoms with Gasteiger partial charge in [0, 0.05) is 29.6 Å². The van der Waals surface area contributed by atoms with Gasteiger partial charge in [0.25, 0.3) is 5.91 Å². The molecule has 4 unspecified atom stereocenters. The minimum atomic E-state index is -1.30. The molecule has 0 spiro atoms. The number of nitrogens with one attached hydrogen (secondary N) is 1. The van der Waals surface area contributed by atoms with Gasteiger partial charge in [-0.1, -0.05) is 44.4 Å². The van der Waals surface area contributed by atoms with Crippen LogP contribution >= 0.6 is 0 Å². The highest BCUT2D eigenvalue weighted by molar-refractivity contribution is 5.98. The fourth-order valence-electron chi connectivity index (χ4n) is 6.08. The number of fused-ring (bicyclic) bond motifs is 4. The van der Waals surface area contributed by atoms with Crippen LogP contribution in [0.5, 0.6) is 11.5 Å². The van der Waals surface area contributed by atoms with Crippen molar-refractivity contribution < 1.29 is 38.8 Å². The second-order valence-electron chi connectivity index (χ2n) is 11.1. The Morgan fingerprint density at radius 2 is 1.89 bits per heavy atom. The van der Waals surface area contributed by atoms with E-state index < -0.39 is 41.6 Å². The number of hydrogen-bond acceptors (Lipinski definition) is 9. The highest BCUT2D eigenvalue weighted by Crippen LogP contribution is 2.51. The number of carbonyl (C=O) groups excluding carboxylic acids is 2. The maximum Gasteiger partial charge on any atom is 0.349 e. The first kappa shape index (κ1) is 31.2. The molecule has 4 atom stereocenters. The third-order valence-corrected chi connectivity index (χ3v) is 8.24. The van der Waals surface area contributed by atoms with Gasteiger partial charge in [0.2, 0.25) is 5.91 Å². The van der Waals surface area contributed by atoms with Gasteiger partial charge in [-0.15, -0.1) is 0 Å². The number of rotatable bonds is 12. The van der Waals surface area contributed by atoms with E-state index in [4.69, 9.17) is 13.9 Å². The summed E-state index contributed by atoms with van der Waals surface area (Å²) < 4.78 is 17.2. The highest BCUT2D eigenvalue weighted by atomic mass is 16.5. The van der Waals surface area contributed by atoms with Crippen molar-refractivity contribution in [2.24, 2.45) is 0 Å². The van der Waals surface area contributed by atoms with E-state index in [2.05, 4.69) is 12.2 Å². The average Bonchev–Trinajstić information content (AvgIpc) is 3.43. The topological polar surface area (TPSA) is 159 Å². The second kappa shape index (κ2) is 13.6. The molecule has 0 bridgehead atoms. The molecule has 0 fully saturated rings. The Morgan fingerprint density at radius 1 is 1.09 bits per heavy atom. The molecule has 44 heavy (non-hydrogen) atoms. The van der Waals surface area contributed by atoms with Crippen LogP contribution in [0.4, 0.5) is 0 Å². The molecule has 0 saturated carbocycles. The largest absolute Gasteiger partial charge is 0.493 e. The van der Waals surface area contributed by atoms with Crippen LogP contribution in [-0.2, 0) is 11.4 Å². The summed E-state index contributed by atoms with van der Waals surface area (Å²) in [4.78, 5) is 42.2. The van der Waals surface area contributed by atoms with E-state index in [9.17, 15) is 29.7 Å². The summed E-state index contributed by atoms with van der Waals surface area (Å²) in [6, 6.07) is 10.7. The normalized spacial score (nSPS) is 20.3. The Balaban J connectivity index is 1.61. The Kier molecular flexibility index (Phi) is 9.68. The Labute approximate surface area is 254 Å². The van der Waals surface area contributed by atoms with Crippen LogP contribution in [0.15, 0.2) is 63.3 Å². The molecular formula is C33H38N2O9. The van der Waals surface area contributed by atoms with E-state index in [0.29, 0.717) is 40.0 Å². The van der Waals surface area contributed by atoms with Crippen LogP contribution in [-0.4, -0.2) is 77.1 Å². The van der Waals surface area contributed by atoms with E-state index in [1.165, 1.54) is 18.1 Å². The predicted octanol–water partition coefficient (Wildman–Crippen LogP) is 2.64. The summed E-state index contributed by atoms with van der Waals surface area (Å²) >= 11 is 0. The van der Waals surface area contributed by atoms with Crippen molar-refractivity contribution in [1.82, 2.24) is 10.2 Å². The van der Waals surface area contributed by atoms with E-state index in [0.717, 1.165) is 19.3 Å². The van der Waals surface area contributed by atoms with Gasteiger partial charge in [0.15, 0.2) is 11.5 Å². The van der Waals surface area contributed by atoms with E-state index in [1.54, 1.807) is 42.5 Å². The zero-order chi connectivity index (χ0) is 31.4. The monoisotopic (exact) mass is 606 g/mol. The average molecular weight is 607 g/mol. The van der Waals surface area contributed by atoms with Crippen molar-refractivity contribution in [3.8, 4) is 11.5 Å². The zero-order valence-corrected chi connectivity index (χ0v) is 24.8. The Morgan fingerprint density at radius 3 is 2.61 bits per heavy atom. The molecule has 11 nitrogen and oxygen atoms in total. The quantitative estimate of drug-likeness (QED) is 0.180. The standard InChI is InChI=1S/C33H38N2O9/c1-3-4-5-8-12-35(32(40)23-16-20-9-6-7-10-25(20)43-33(23)41)24-17-22(31(39)34-11-13-36)27-21-14-19(18-37)15-26(42-2)29(21)44-30(27)28(24)38/h6-7,9-10,14-17,24,27-28,30,36-38H,3-5,8,11-13,18H2,1-2H3,(H,34,39). The highest BCUT2D eigenvalue weighted by Gasteiger charge is 2.51. The predicted molar refractivity (Wildman–Crippen MR) is 162 cm³/mol. The number of benzene rings is 2. The lowest BCUT2D eigenvalue weighted by molar-refractivity contribution is -0.118. The van der Waals surface area contributed by atoms with Crippen LogP contribution in [0.25, 0.3) is 11.0 Å². The molecule has 1 aromatic heterocycles. The van der Waals surface area contributed by atoms with Crippen molar-refractivity contribution in [2.75, 3.05) is 26.8 Å². The fourth-order valence-corrected chi connectivity index (χ4v) is 6.08. The van der Waals surface area contributed by atoms with Crippen molar-refractivity contribution in [2.45, 2.75) is 63.4 Å². The molecule has 0 radical (unpaired) electrons. The summed E-state index contributed by atoms with van der Waals surface area (Å²) in [6.45, 7) is 1.70. The number of ether oxygens (including phenoxy) is 2. The number of aliphatic hydroxyl groups is 3. The molecule has 1 aliphatic carbocycles. The number of para-hydroxylation sites is 1. The molecule has 1 aliphatic heterocycles. The number of nitrogens with zero attached hydrogens (tertiary/aromatic N) is 1. The molecule has 5 rings (SSSR count). The minimum absolute atomic E-state index is 0.00765. The lowest BCUT2D eigenvalue weighted by atomic mass is 9.77. The van der Waals surface area contributed by atoms with Crippen LogP contribution in [0.1, 0.15) is 60.0 Å². The second-order valence-corrected chi connectivity index (χ2v) is 11.1. The third kappa shape index (κ3) is 5.95. The van der Waals surface area contributed by atoms with Crippen LogP contribution in [0, 0.1) is 0 Å². The van der Waals surface area contributed by atoms with Crippen molar-refractivity contribution in [3.63, 3.8) is 0 Å².